The van der Waals surface area contributed by atoms with Crippen LogP contribution in [-0.4, -0.2) is 72.0 Å². The van der Waals surface area contributed by atoms with E-state index >= 15 is 0 Å². The number of carbonyl (C=O) groups excluding carboxylic acids is 2. The van der Waals surface area contributed by atoms with E-state index < -0.39 is 10.7 Å². The van der Waals surface area contributed by atoms with Crippen LogP contribution in [0, 0.1) is 15.9 Å². The van der Waals surface area contributed by atoms with E-state index in [1.807, 2.05) is 9.80 Å². The number of piperidine rings is 1. The molecule has 2 aliphatic heterocycles. The number of carbonyl (C=O) groups is 2. The van der Waals surface area contributed by atoms with Gasteiger partial charge in [0.05, 0.1) is 28.0 Å². The Hall–Kier alpha value is -3.53. The first-order chi connectivity index (χ1) is 16.2. The van der Waals surface area contributed by atoms with Gasteiger partial charge in [-0.1, -0.05) is 0 Å². The molecule has 0 unspecified atom stereocenters. The van der Waals surface area contributed by atoms with Gasteiger partial charge < -0.3 is 19.8 Å². The second-order valence-corrected chi connectivity index (χ2v) is 8.68. The van der Waals surface area contributed by atoms with Crippen molar-refractivity contribution in [1.29, 1.82) is 0 Å². The molecule has 1 N–H and O–H groups in total. The highest BCUT2D eigenvalue weighted by atomic mass is 19.1. The maximum atomic E-state index is 14.6. The van der Waals surface area contributed by atoms with Crippen molar-refractivity contribution in [2.45, 2.75) is 25.9 Å². The fourth-order valence-electron chi connectivity index (χ4n) is 4.49. The molecule has 0 bridgehead atoms. The molecule has 0 radical (unpaired) electrons. The number of non-ortho nitro benzene ring substituents is 1. The summed E-state index contributed by atoms with van der Waals surface area (Å²) >= 11 is 0. The Labute approximate surface area is 196 Å². The highest BCUT2D eigenvalue weighted by Gasteiger charge is 2.29. The van der Waals surface area contributed by atoms with Gasteiger partial charge in [-0.25, -0.2) is 4.39 Å². The first-order valence-corrected chi connectivity index (χ1v) is 11.3. The summed E-state index contributed by atoms with van der Waals surface area (Å²) in [5.74, 6) is -1.01. The zero-order chi connectivity index (χ0) is 24.4. The SMILES string of the molecule is CC(=O)c1ccc(N2CCN(C(=O)c3cc([N+](=O)[O-])ccc3N3CCC(O)CC3)CC2)c(F)c1. The smallest absolute Gasteiger partial charge is 0.270 e. The summed E-state index contributed by atoms with van der Waals surface area (Å²) in [6, 6.07) is 8.69. The molecule has 9 nitrogen and oxygen atoms in total. The molecule has 1 amide bonds. The summed E-state index contributed by atoms with van der Waals surface area (Å²) in [6.45, 7) is 3.93. The highest BCUT2D eigenvalue weighted by molar-refractivity contribution is 6.00. The number of amides is 1. The molecular formula is C24H27FN4O5. The zero-order valence-electron chi connectivity index (χ0n) is 18.9. The molecule has 0 aromatic heterocycles. The molecule has 2 aromatic carbocycles. The van der Waals surface area contributed by atoms with Crippen molar-refractivity contribution in [3.8, 4) is 0 Å². The molecule has 2 aliphatic rings. The maximum Gasteiger partial charge on any atom is 0.270 e. The van der Waals surface area contributed by atoms with Crippen molar-refractivity contribution >= 4 is 28.8 Å². The monoisotopic (exact) mass is 470 g/mol. The van der Waals surface area contributed by atoms with E-state index in [9.17, 15) is 29.2 Å². The molecule has 180 valence electrons. The van der Waals surface area contributed by atoms with Crippen LogP contribution in [-0.2, 0) is 0 Å². The van der Waals surface area contributed by atoms with Gasteiger partial charge in [-0.05, 0) is 44.0 Å². The third kappa shape index (κ3) is 4.86. The molecule has 2 saturated heterocycles. The number of aliphatic hydroxyl groups is 1. The van der Waals surface area contributed by atoms with E-state index in [0.717, 1.165) is 0 Å². The Kier molecular flexibility index (Phi) is 6.78. The van der Waals surface area contributed by atoms with E-state index in [1.54, 1.807) is 23.1 Å². The van der Waals surface area contributed by atoms with Crippen LogP contribution in [0.15, 0.2) is 36.4 Å². The zero-order valence-corrected chi connectivity index (χ0v) is 18.9. The predicted molar refractivity (Wildman–Crippen MR) is 125 cm³/mol. The largest absolute Gasteiger partial charge is 0.393 e. The highest BCUT2D eigenvalue weighted by Crippen LogP contribution is 2.30. The van der Waals surface area contributed by atoms with Gasteiger partial charge in [0.1, 0.15) is 5.82 Å². The number of halogens is 1. The van der Waals surface area contributed by atoms with Crippen LogP contribution in [0.5, 0.6) is 0 Å². The number of anilines is 2. The van der Waals surface area contributed by atoms with Crippen LogP contribution in [0.4, 0.5) is 21.5 Å². The molecule has 2 aromatic rings. The minimum atomic E-state index is -0.522. The topological polar surface area (TPSA) is 107 Å². The van der Waals surface area contributed by atoms with Crippen LogP contribution in [0.3, 0.4) is 0 Å². The molecule has 4 rings (SSSR count). The molecule has 2 heterocycles. The van der Waals surface area contributed by atoms with Crippen LogP contribution in [0.2, 0.25) is 0 Å². The Morgan fingerprint density at radius 3 is 2.18 bits per heavy atom. The number of hydrogen-bond donors (Lipinski definition) is 1. The summed E-state index contributed by atoms with van der Waals surface area (Å²) in [6.07, 6.45) is 0.751. The van der Waals surface area contributed by atoms with Crippen molar-refractivity contribution in [3.63, 3.8) is 0 Å². The number of nitro benzene ring substituents is 1. The third-order valence-electron chi connectivity index (χ3n) is 6.49. The Balaban J connectivity index is 1.52. The molecule has 0 spiro atoms. The summed E-state index contributed by atoms with van der Waals surface area (Å²) in [4.78, 5) is 41.2. The summed E-state index contributed by atoms with van der Waals surface area (Å²) in [5.41, 5.74) is 1.40. The molecule has 0 atom stereocenters. The Bertz CT molecular complexity index is 1110. The van der Waals surface area contributed by atoms with Crippen molar-refractivity contribution in [2.75, 3.05) is 49.1 Å². The van der Waals surface area contributed by atoms with E-state index in [4.69, 9.17) is 0 Å². The number of piperazine rings is 1. The minimum absolute atomic E-state index is 0.157. The normalized spacial score (nSPS) is 17.1. The first-order valence-electron chi connectivity index (χ1n) is 11.3. The van der Waals surface area contributed by atoms with Crippen molar-refractivity contribution in [3.05, 3.63) is 63.5 Å². The summed E-state index contributed by atoms with van der Waals surface area (Å²) < 4.78 is 14.6. The van der Waals surface area contributed by atoms with Crippen LogP contribution < -0.4 is 9.80 Å². The standard InChI is InChI=1S/C24H27FN4O5/c1-16(30)17-2-4-23(21(25)14-17)27-10-12-28(13-11-27)24(32)20-15-18(29(33)34)3-5-22(20)26-8-6-19(31)7-9-26/h2-5,14-15,19,31H,6-13H2,1H3. The van der Waals surface area contributed by atoms with Crippen LogP contribution in [0.25, 0.3) is 0 Å². The van der Waals surface area contributed by atoms with Gasteiger partial charge in [0.15, 0.2) is 5.78 Å². The van der Waals surface area contributed by atoms with Gasteiger partial charge in [-0.2, -0.15) is 0 Å². The van der Waals surface area contributed by atoms with E-state index in [2.05, 4.69) is 0 Å². The maximum absolute atomic E-state index is 14.6. The van der Waals surface area contributed by atoms with E-state index in [1.165, 1.54) is 25.1 Å². The average Bonchev–Trinajstić information content (AvgIpc) is 2.83. The van der Waals surface area contributed by atoms with Crippen LogP contribution >= 0.6 is 0 Å². The molecular weight excluding hydrogens is 443 g/mol. The first kappa shape index (κ1) is 23.6. The predicted octanol–water partition coefficient (Wildman–Crippen LogP) is 2.86. The third-order valence-corrected chi connectivity index (χ3v) is 6.49. The number of nitrogens with zero attached hydrogens (tertiary/aromatic N) is 4. The Morgan fingerprint density at radius 1 is 0.971 bits per heavy atom. The molecule has 10 heteroatoms. The summed E-state index contributed by atoms with van der Waals surface area (Å²) in [5, 5.41) is 21.2. The molecule has 34 heavy (non-hydrogen) atoms. The van der Waals surface area contributed by atoms with E-state index in [-0.39, 0.29) is 29.0 Å². The lowest BCUT2D eigenvalue weighted by molar-refractivity contribution is -0.384. The molecule has 0 aliphatic carbocycles. The summed E-state index contributed by atoms with van der Waals surface area (Å²) in [7, 11) is 0. The number of benzene rings is 2. The van der Waals surface area contributed by atoms with Gasteiger partial charge in [-0.3, -0.25) is 19.7 Å². The fraction of sp³-hybridized carbons (Fsp3) is 0.417. The van der Waals surface area contributed by atoms with Crippen molar-refractivity contribution in [1.82, 2.24) is 4.90 Å². The van der Waals surface area contributed by atoms with Gasteiger partial charge >= 0.3 is 0 Å². The number of rotatable bonds is 5. The molecule has 0 saturated carbocycles. The van der Waals surface area contributed by atoms with Gasteiger partial charge in [0.2, 0.25) is 0 Å². The minimum Gasteiger partial charge on any atom is -0.393 e. The van der Waals surface area contributed by atoms with E-state index in [0.29, 0.717) is 69.0 Å². The number of aliphatic hydroxyl groups excluding tert-OH is 1. The lowest BCUT2D eigenvalue weighted by atomic mass is 10.0. The van der Waals surface area contributed by atoms with Crippen LogP contribution in [0.1, 0.15) is 40.5 Å². The van der Waals surface area contributed by atoms with Gasteiger partial charge in [-0.15, -0.1) is 0 Å². The molecule has 2 fully saturated rings. The number of Topliss-reactive ketones (excluding diaryl/α,β-unsaturated/α-hetero) is 1. The number of ketones is 1. The van der Waals surface area contributed by atoms with Crippen molar-refractivity contribution < 1.29 is 24.0 Å². The van der Waals surface area contributed by atoms with Gasteiger partial charge in [0, 0.05) is 57.0 Å². The fourth-order valence-corrected chi connectivity index (χ4v) is 4.49. The van der Waals surface area contributed by atoms with Gasteiger partial charge in [0.25, 0.3) is 11.6 Å². The average molecular weight is 471 g/mol. The lowest BCUT2D eigenvalue weighted by Gasteiger charge is -2.37. The lowest BCUT2D eigenvalue weighted by Crippen LogP contribution is -2.49. The number of nitro groups is 1. The Morgan fingerprint density at radius 2 is 1.59 bits per heavy atom. The second-order valence-electron chi connectivity index (χ2n) is 8.68. The van der Waals surface area contributed by atoms with Crippen molar-refractivity contribution in [2.24, 2.45) is 0 Å². The quantitative estimate of drug-likeness (QED) is 0.407. The number of hydrogen-bond acceptors (Lipinski definition) is 7. The second kappa shape index (κ2) is 9.76.